The van der Waals surface area contributed by atoms with Gasteiger partial charge in [0.15, 0.2) is 0 Å². The van der Waals surface area contributed by atoms with Crippen molar-refractivity contribution in [2.24, 2.45) is 0 Å². The summed E-state index contributed by atoms with van der Waals surface area (Å²) in [5, 5.41) is 1.56. The molecule has 1 aromatic carbocycles. The number of hydrogen-bond donors (Lipinski definition) is 0. The van der Waals surface area contributed by atoms with E-state index >= 15 is 0 Å². The summed E-state index contributed by atoms with van der Waals surface area (Å²) >= 11 is 0. The fourth-order valence-corrected chi connectivity index (χ4v) is 3.15. The molecule has 0 radical (unpaired) electrons. The molecule has 5 heteroatoms. The van der Waals surface area contributed by atoms with Gasteiger partial charge in [0.1, 0.15) is 12.5 Å². The molecule has 22 heavy (non-hydrogen) atoms. The molecule has 0 atom stereocenters. The van der Waals surface area contributed by atoms with Crippen LogP contribution in [0.5, 0.6) is 5.75 Å². The molecule has 0 bridgehead atoms. The number of hydrogen-bond acceptors (Lipinski definition) is 3. The monoisotopic (exact) mass is 319 g/mol. The van der Waals surface area contributed by atoms with Crippen molar-refractivity contribution in [2.45, 2.75) is 39.3 Å². The lowest BCUT2D eigenvalue weighted by Gasteiger charge is -2.16. The predicted molar refractivity (Wildman–Crippen MR) is 93.6 cm³/mol. The molecule has 0 saturated carbocycles. The van der Waals surface area contributed by atoms with Crippen molar-refractivity contribution in [3.05, 3.63) is 40.3 Å². The van der Waals surface area contributed by atoms with E-state index in [4.69, 9.17) is 9.47 Å². The van der Waals surface area contributed by atoms with Gasteiger partial charge in [-0.3, -0.25) is 9.36 Å². The first-order valence-corrected chi connectivity index (χ1v) is 11.3. The third kappa shape index (κ3) is 3.78. The zero-order valence-electron chi connectivity index (χ0n) is 14.1. The molecule has 0 unspecified atom stereocenters. The molecular formula is C17H25NO3Si. The molecule has 0 saturated heterocycles. The molecule has 0 N–H and O–H groups in total. The Kier molecular flexibility index (Phi) is 5.08. The lowest BCUT2D eigenvalue weighted by Crippen LogP contribution is -2.25. The van der Waals surface area contributed by atoms with Crippen molar-refractivity contribution < 1.29 is 9.47 Å². The first-order chi connectivity index (χ1) is 10.3. The fourth-order valence-electron chi connectivity index (χ4n) is 2.39. The van der Waals surface area contributed by atoms with Gasteiger partial charge in [-0.1, -0.05) is 31.8 Å². The molecule has 0 spiro atoms. The first kappa shape index (κ1) is 16.8. The van der Waals surface area contributed by atoms with Crippen LogP contribution in [-0.2, 0) is 11.5 Å². The van der Waals surface area contributed by atoms with Gasteiger partial charge in [-0.05, 0) is 30.0 Å². The lowest BCUT2D eigenvalue weighted by molar-refractivity contribution is 0.0850. The fraction of sp³-hybridized carbons (Fsp3) is 0.471. The summed E-state index contributed by atoms with van der Waals surface area (Å²) in [4.78, 5) is 12.7. The summed E-state index contributed by atoms with van der Waals surface area (Å²) in [6.45, 7) is 9.93. The van der Waals surface area contributed by atoms with Gasteiger partial charge in [0.25, 0.3) is 5.56 Å². The minimum atomic E-state index is -1.11. The Balaban J connectivity index is 2.28. The second kappa shape index (κ2) is 6.67. The molecule has 1 heterocycles. The molecule has 0 aliphatic heterocycles. The van der Waals surface area contributed by atoms with Crippen LogP contribution in [0, 0.1) is 6.92 Å². The summed E-state index contributed by atoms with van der Waals surface area (Å²) < 4.78 is 12.7. The highest BCUT2D eigenvalue weighted by Crippen LogP contribution is 2.24. The van der Waals surface area contributed by atoms with Crippen LogP contribution in [0.4, 0.5) is 0 Å². The third-order valence-corrected chi connectivity index (χ3v) is 5.43. The highest BCUT2D eigenvalue weighted by atomic mass is 28.3. The SMILES string of the molecule is COc1cccc2c(C)cn(COCC[Si](C)(C)C)c(=O)c12. The Morgan fingerprint density at radius 3 is 2.59 bits per heavy atom. The molecule has 2 rings (SSSR count). The van der Waals surface area contributed by atoms with Gasteiger partial charge in [-0.2, -0.15) is 0 Å². The number of rotatable bonds is 6. The van der Waals surface area contributed by atoms with E-state index in [1.807, 2.05) is 31.3 Å². The molecule has 120 valence electrons. The largest absolute Gasteiger partial charge is 0.496 e. The van der Waals surface area contributed by atoms with E-state index in [1.165, 1.54) is 0 Å². The first-order valence-electron chi connectivity index (χ1n) is 7.58. The van der Waals surface area contributed by atoms with Gasteiger partial charge in [-0.15, -0.1) is 0 Å². The van der Waals surface area contributed by atoms with E-state index in [-0.39, 0.29) is 12.3 Å². The number of ether oxygens (including phenoxy) is 2. The summed E-state index contributed by atoms with van der Waals surface area (Å²) in [5.41, 5.74) is 0.980. The van der Waals surface area contributed by atoms with Crippen LogP contribution in [0.25, 0.3) is 10.8 Å². The average Bonchev–Trinajstić information content (AvgIpc) is 2.46. The number of aromatic nitrogens is 1. The Hall–Kier alpha value is -1.59. The van der Waals surface area contributed by atoms with E-state index in [9.17, 15) is 4.79 Å². The van der Waals surface area contributed by atoms with Crippen molar-refractivity contribution in [2.75, 3.05) is 13.7 Å². The second-order valence-corrected chi connectivity index (χ2v) is 12.4. The molecule has 0 aliphatic carbocycles. The van der Waals surface area contributed by atoms with Gasteiger partial charge in [0, 0.05) is 20.9 Å². The van der Waals surface area contributed by atoms with Crippen LogP contribution in [0.2, 0.25) is 25.7 Å². The average molecular weight is 319 g/mol. The van der Waals surface area contributed by atoms with Crippen LogP contribution in [0.1, 0.15) is 5.56 Å². The van der Waals surface area contributed by atoms with Crippen molar-refractivity contribution in [3.63, 3.8) is 0 Å². The van der Waals surface area contributed by atoms with Crippen molar-refractivity contribution in [1.29, 1.82) is 0 Å². The van der Waals surface area contributed by atoms with Gasteiger partial charge in [-0.25, -0.2) is 0 Å². The maximum absolute atomic E-state index is 12.7. The highest BCUT2D eigenvalue weighted by Gasteiger charge is 2.13. The Labute approximate surface area is 132 Å². The number of aryl methyl sites for hydroxylation is 1. The third-order valence-electron chi connectivity index (χ3n) is 3.72. The molecule has 1 aromatic heterocycles. The van der Waals surface area contributed by atoms with Gasteiger partial charge in [0.2, 0.25) is 0 Å². The minimum absolute atomic E-state index is 0.0638. The number of fused-ring (bicyclic) bond motifs is 1. The number of methoxy groups -OCH3 is 1. The van der Waals surface area contributed by atoms with Crippen molar-refractivity contribution >= 4 is 18.8 Å². The van der Waals surface area contributed by atoms with Crippen LogP contribution >= 0.6 is 0 Å². The summed E-state index contributed by atoms with van der Waals surface area (Å²) in [7, 11) is 0.478. The number of nitrogens with zero attached hydrogens (tertiary/aromatic N) is 1. The number of benzene rings is 1. The maximum atomic E-state index is 12.7. The van der Waals surface area contributed by atoms with Crippen molar-refractivity contribution in [3.8, 4) is 5.75 Å². The van der Waals surface area contributed by atoms with E-state index in [0.29, 0.717) is 17.7 Å². The topological polar surface area (TPSA) is 40.5 Å². The maximum Gasteiger partial charge on any atom is 0.264 e. The summed E-state index contributed by atoms with van der Waals surface area (Å²) in [6, 6.07) is 6.77. The molecule has 0 amide bonds. The molecule has 0 fully saturated rings. The molecular weight excluding hydrogens is 294 g/mol. The Bertz CT molecular complexity index is 716. The van der Waals surface area contributed by atoms with Gasteiger partial charge >= 0.3 is 0 Å². The van der Waals surface area contributed by atoms with Crippen LogP contribution in [0.3, 0.4) is 0 Å². The highest BCUT2D eigenvalue weighted by molar-refractivity contribution is 6.76. The number of pyridine rings is 1. The smallest absolute Gasteiger partial charge is 0.264 e. The van der Waals surface area contributed by atoms with Crippen LogP contribution in [0.15, 0.2) is 29.2 Å². The quantitative estimate of drug-likeness (QED) is 0.603. The van der Waals surface area contributed by atoms with E-state index in [0.717, 1.165) is 17.0 Å². The standard InChI is InChI=1S/C17H25NO3Si/c1-13-11-18(12-21-9-10-22(3,4)5)17(19)16-14(13)7-6-8-15(16)20-2/h6-8,11H,9-10,12H2,1-5H3. The Morgan fingerprint density at radius 2 is 1.95 bits per heavy atom. The summed E-state index contributed by atoms with van der Waals surface area (Å²) in [6.07, 6.45) is 1.86. The van der Waals surface area contributed by atoms with E-state index < -0.39 is 8.07 Å². The second-order valence-electron chi connectivity index (χ2n) is 6.82. The predicted octanol–water partition coefficient (Wildman–Crippen LogP) is 3.63. The van der Waals surface area contributed by atoms with Gasteiger partial charge in [0.05, 0.1) is 12.5 Å². The normalized spacial score (nSPS) is 11.9. The summed E-state index contributed by atoms with van der Waals surface area (Å²) in [5.74, 6) is 0.613. The van der Waals surface area contributed by atoms with Crippen molar-refractivity contribution in [1.82, 2.24) is 4.57 Å². The Morgan fingerprint density at radius 1 is 1.23 bits per heavy atom. The zero-order valence-corrected chi connectivity index (χ0v) is 15.1. The molecule has 4 nitrogen and oxygen atoms in total. The zero-order chi connectivity index (χ0) is 16.3. The van der Waals surface area contributed by atoms with Crippen LogP contribution < -0.4 is 10.3 Å². The molecule has 2 aromatic rings. The van der Waals surface area contributed by atoms with Gasteiger partial charge < -0.3 is 9.47 Å². The van der Waals surface area contributed by atoms with E-state index in [1.54, 1.807) is 11.7 Å². The minimum Gasteiger partial charge on any atom is -0.496 e. The van der Waals surface area contributed by atoms with Crippen LogP contribution in [-0.4, -0.2) is 26.4 Å². The molecule has 0 aliphatic rings. The lowest BCUT2D eigenvalue weighted by atomic mass is 10.1. The van der Waals surface area contributed by atoms with E-state index in [2.05, 4.69) is 19.6 Å².